The smallest absolute Gasteiger partial charge is 0.325 e. The molecule has 1 unspecified atom stereocenters. The Labute approximate surface area is 287 Å². The van der Waals surface area contributed by atoms with Gasteiger partial charge in [-0.15, -0.1) is 0 Å². The van der Waals surface area contributed by atoms with Crippen LogP contribution >= 0.6 is 0 Å². The van der Waals surface area contributed by atoms with Crippen LogP contribution in [0.3, 0.4) is 0 Å². The van der Waals surface area contributed by atoms with Gasteiger partial charge in [0.15, 0.2) is 5.81 Å². The van der Waals surface area contributed by atoms with Crippen molar-refractivity contribution in [2.45, 2.75) is 83.0 Å². The van der Waals surface area contributed by atoms with Gasteiger partial charge < -0.3 is 26.0 Å². The second-order valence-corrected chi connectivity index (χ2v) is 12.5. The molecule has 12 heteroatoms. The lowest BCUT2D eigenvalue weighted by molar-refractivity contribution is -0.146. The minimum atomic E-state index is -1.20. The molecule has 0 heterocycles. The van der Waals surface area contributed by atoms with Gasteiger partial charge >= 0.3 is 5.97 Å². The summed E-state index contributed by atoms with van der Waals surface area (Å²) in [5, 5.41) is 12.5. The minimum absolute atomic E-state index is 0.0192. The highest BCUT2D eigenvalue weighted by Gasteiger charge is 2.35. The largest absolute Gasteiger partial charge is 0.460 e. The molecule has 0 saturated heterocycles. The van der Waals surface area contributed by atoms with Crippen molar-refractivity contribution in [3.8, 4) is 0 Å². The van der Waals surface area contributed by atoms with E-state index in [2.05, 4.69) is 21.3 Å². The Morgan fingerprint density at radius 2 is 1.47 bits per heavy atom. The Kier molecular flexibility index (Phi) is 13.9. The predicted molar refractivity (Wildman–Crippen MR) is 188 cm³/mol. The van der Waals surface area contributed by atoms with Gasteiger partial charge in [-0.1, -0.05) is 105 Å². The van der Waals surface area contributed by atoms with Gasteiger partial charge in [0.1, 0.15) is 25.2 Å². The van der Waals surface area contributed by atoms with Crippen LogP contribution < -0.4 is 21.3 Å². The molecule has 1 saturated carbocycles. The molecule has 3 aromatic carbocycles. The van der Waals surface area contributed by atoms with Gasteiger partial charge in [-0.3, -0.25) is 28.8 Å². The Bertz CT molecular complexity index is 1620. The van der Waals surface area contributed by atoms with Gasteiger partial charge in [-0.2, -0.15) is 0 Å². The standard InChI is InChI=1S/C37H45BN4O7/c1-2-12-29(33(44)36(47)39-22-31(43)49-23-24-13-5-3-6-14-24)40-34(45)30(21-27-19-11-18-25-15-9-10-20-28(25)27)41-35(46)32(42-37(38)48)26-16-7-4-8-17-26/h3,5-6,9-11,13-15,18-20,26,29-30,32H,2,4,7-8,12,16-17,21-23,38H2,1H3,(H,39,47)(H,40,45)(H,41,46)(H,42,48)/t29?,30-,32-/m0/s1. The Hall–Kier alpha value is -5.00. The van der Waals surface area contributed by atoms with Gasteiger partial charge in [-0.05, 0) is 47.1 Å². The molecule has 1 fully saturated rings. The van der Waals surface area contributed by atoms with Crippen LogP contribution in [0, 0.1) is 5.92 Å². The third-order valence-corrected chi connectivity index (χ3v) is 8.77. The summed E-state index contributed by atoms with van der Waals surface area (Å²) >= 11 is 0. The highest BCUT2D eigenvalue weighted by atomic mass is 16.5. The highest BCUT2D eigenvalue weighted by Crippen LogP contribution is 2.27. The van der Waals surface area contributed by atoms with E-state index in [1.165, 1.54) is 7.85 Å². The van der Waals surface area contributed by atoms with Crippen molar-refractivity contribution < 1.29 is 33.5 Å². The van der Waals surface area contributed by atoms with E-state index in [0.29, 0.717) is 6.42 Å². The molecule has 11 nitrogen and oxygen atoms in total. The topological polar surface area (TPSA) is 160 Å². The normalized spacial score (nSPS) is 14.9. The average molecular weight is 669 g/mol. The molecular formula is C37H45BN4O7. The first kappa shape index (κ1) is 36.8. The number of benzene rings is 3. The molecule has 3 atom stereocenters. The van der Waals surface area contributed by atoms with E-state index < -0.39 is 54.1 Å². The number of fused-ring (bicyclic) bond motifs is 1. The molecule has 4 amide bonds. The van der Waals surface area contributed by atoms with E-state index in [1.54, 1.807) is 12.1 Å². The molecular weight excluding hydrogens is 623 g/mol. The van der Waals surface area contributed by atoms with Gasteiger partial charge in [0.2, 0.25) is 25.4 Å². The number of amides is 4. The van der Waals surface area contributed by atoms with Gasteiger partial charge in [0.25, 0.3) is 5.91 Å². The van der Waals surface area contributed by atoms with Crippen LogP contribution in [0.25, 0.3) is 10.8 Å². The summed E-state index contributed by atoms with van der Waals surface area (Å²) in [4.78, 5) is 78.2. The number of hydrogen-bond donors (Lipinski definition) is 4. The molecule has 4 N–H and O–H groups in total. The number of carbonyl (C=O) groups excluding carboxylic acids is 6. The third kappa shape index (κ3) is 11.0. The number of ether oxygens (including phenoxy) is 1. The Balaban J connectivity index is 1.49. The van der Waals surface area contributed by atoms with E-state index in [0.717, 1.165) is 54.0 Å². The Morgan fingerprint density at radius 1 is 0.796 bits per heavy atom. The average Bonchev–Trinajstić information content (AvgIpc) is 3.11. The van der Waals surface area contributed by atoms with Gasteiger partial charge in [0.05, 0.1) is 6.04 Å². The maximum Gasteiger partial charge on any atom is 0.325 e. The number of nitrogens with one attached hydrogen (secondary N) is 4. The van der Waals surface area contributed by atoms with E-state index in [4.69, 9.17) is 4.74 Å². The summed E-state index contributed by atoms with van der Waals surface area (Å²) in [6, 6.07) is 19.3. The SMILES string of the molecule is BC(=O)N[C@H](C(=O)N[C@@H](Cc1cccc2ccccc12)C(=O)NC(CCC)C(=O)C(=O)NCC(=O)OCc1ccccc1)C1CCCCC1. The summed E-state index contributed by atoms with van der Waals surface area (Å²) in [7, 11) is 1.36. The maximum absolute atomic E-state index is 14.0. The first-order valence-corrected chi connectivity index (χ1v) is 17.0. The van der Waals surface area contributed by atoms with Gasteiger partial charge in [0, 0.05) is 6.42 Å². The van der Waals surface area contributed by atoms with Crippen molar-refractivity contribution in [3.05, 3.63) is 83.9 Å². The van der Waals surface area contributed by atoms with Crippen molar-refractivity contribution in [1.82, 2.24) is 21.3 Å². The zero-order valence-electron chi connectivity index (χ0n) is 28.2. The van der Waals surface area contributed by atoms with E-state index in [1.807, 2.05) is 67.6 Å². The van der Waals surface area contributed by atoms with Crippen molar-refractivity contribution in [2.75, 3.05) is 6.54 Å². The number of hydrogen-bond acceptors (Lipinski definition) is 7. The van der Waals surface area contributed by atoms with Crippen molar-refractivity contribution >= 4 is 53.9 Å². The molecule has 0 radical (unpaired) electrons. The summed E-state index contributed by atoms with van der Waals surface area (Å²) in [5.41, 5.74) is 1.58. The van der Waals surface area contributed by atoms with Crippen molar-refractivity contribution in [1.29, 1.82) is 0 Å². The fraction of sp³-hybridized carbons (Fsp3) is 0.405. The maximum atomic E-state index is 14.0. The summed E-state index contributed by atoms with van der Waals surface area (Å²) in [5.74, 6) is -4.21. The van der Waals surface area contributed by atoms with Crippen LogP contribution in [-0.2, 0) is 41.7 Å². The van der Waals surface area contributed by atoms with Crippen LogP contribution in [0.2, 0.25) is 0 Å². The lowest BCUT2D eigenvalue weighted by Crippen LogP contribution is -2.58. The number of rotatable bonds is 16. The quantitative estimate of drug-likeness (QED) is 0.104. The molecule has 0 spiro atoms. The molecule has 0 aromatic heterocycles. The lowest BCUT2D eigenvalue weighted by atomic mass is 9.83. The fourth-order valence-corrected chi connectivity index (χ4v) is 6.26. The number of carbonyl (C=O) groups is 6. The van der Waals surface area contributed by atoms with E-state index >= 15 is 0 Å². The van der Waals surface area contributed by atoms with E-state index in [-0.39, 0.29) is 31.2 Å². The van der Waals surface area contributed by atoms with Crippen molar-refractivity contribution in [2.24, 2.45) is 5.92 Å². The second kappa shape index (κ2) is 18.5. The third-order valence-electron chi connectivity index (χ3n) is 8.77. The first-order valence-electron chi connectivity index (χ1n) is 17.0. The summed E-state index contributed by atoms with van der Waals surface area (Å²) in [6.07, 6.45) is 5.23. The highest BCUT2D eigenvalue weighted by molar-refractivity contribution is 6.57. The number of Topliss-reactive ketones (excluding diaryl/α,β-unsaturated/α-hetero) is 1. The molecule has 258 valence electrons. The first-order chi connectivity index (χ1) is 23.7. The lowest BCUT2D eigenvalue weighted by Gasteiger charge is -2.31. The van der Waals surface area contributed by atoms with Gasteiger partial charge in [-0.25, -0.2) is 0 Å². The van der Waals surface area contributed by atoms with Crippen LogP contribution in [0.5, 0.6) is 0 Å². The number of ketones is 1. The molecule has 0 aliphatic heterocycles. The van der Waals surface area contributed by atoms with Crippen LogP contribution in [0.15, 0.2) is 72.8 Å². The summed E-state index contributed by atoms with van der Waals surface area (Å²) < 4.78 is 5.17. The zero-order chi connectivity index (χ0) is 35.2. The second-order valence-electron chi connectivity index (χ2n) is 12.5. The molecule has 0 bridgehead atoms. The minimum Gasteiger partial charge on any atom is -0.460 e. The molecule has 1 aliphatic carbocycles. The molecule has 49 heavy (non-hydrogen) atoms. The van der Waals surface area contributed by atoms with Crippen LogP contribution in [0.4, 0.5) is 4.79 Å². The van der Waals surface area contributed by atoms with Crippen molar-refractivity contribution in [3.63, 3.8) is 0 Å². The molecule has 1 aliphatic rings. The molecule has 4 rings (SSSR count). The zero-order valence-corrected chi connectivity index (χ0v) is 28.2. The fourth-order valence-electron chi connectivity index (χ4n) is 6.26. The Morgan fingerprint density at radius 3 is 2.18 bits per heavy atom. The van der Waals surface area contributed by atoms with Crippen LogP contribution in [-0.4, -0.2) is 67.8 Å². The summed E-state index contributed by atoms with van der Waals surface area (Å²) in [6.45, 7) is 1.31. The van der Waals surface area contributed by atoms with Crippen LogP contribution in [0.1, 0.15) is 63.0 Å². The monoisotopic (exact) mass is 668 g/mol. The predicted octanol–water partition coefficient (Wildman–Crippen LogP) is 2.87. The van der Waals surface area contributed by atoms with E-state index in [9.17, 15) is 28.8 Å². The number of esters is 1. The molecule has 3 aromatic rings.